The number of para-hydroxylation sites is 1. The van der Waals surface area contributed by atoms with Gasteiger partial charge in [-0.25, -0.2) is 4.79 Å². The Morgan fingerprint density at radius 2 is 1.82 bits per heavy atom. The molecule has 34 heavy (non-hydrogen) atoms. The van der Waals surface area contributed by atoms with Gasteiger partial charge in [0.15, 0.2) is 6.61 Å². The number of barbiturate groups is 1. The standard InChI is InChI=1S/C25H21N3O6/c1-16-8-10-18(11-9-16)26-22(29)15-34-21-7-3-2-5-17(21)13-20-23(30)27-25(32)28(24(20)31)14-19-6-4-12-33-19/h2-13H,14-15H2,1H3,(H,26,29)(H,27,30,32). The molecule has 2 aromatic carbocycles. The number of hydrogen-bond donors (Lipinski definition) is 2. The highest BCUT2D eigenvalue weighted by atomic mass is 16.5. The van der Waals surface area contributed by atoms with Crippen LogP contribution in [0.1, 0.15) is 16.9 Å². The maximum Gasteiger partial charge on any atom is 0.331 e. The molecule has 0 spiro atoms. The number of amides is 5. The molecule has 1 saturated heterocycles. The number of benzene rings is 2. The van der Waals surface area contributed by atoms with Crippen molar-refractivity contribution >= 4 is 35.5 Å². The molecule has 9 nitrogen and oxygen atoms in total. The monoisotopic (exact) mass is 459 g/mol. The number of rotatable bonds is 7. The number of nitrogens with one attached hydrogen (secondary N) is 2. The van der Waals surface area contributed by atoms with Gasteiger partial charge in [0.1, 0.15) is 17.1 Å². The summed E-state index contributed by atoms with van der Waals surface area (Å²) in [6.07, 6.45) is 2.75. The molecule has 1 aliphatic heterocycles. The summed E-state index contributed by atoms with van der Waals surface area (Å²) in [7, 11) is 0. The third kappa shape index (κ3) is 5.21. The van der Waals surface area contributed by atoms with E-state index in [4.69, 9.17) is 9.15 Å². The van der Waals surface area contributed by atoms with Crippen molar-refractivity contribution in [1.82, 2.24) is 10.2 Å². The first-order chi connectivity index (χ1) is 16.4. The summed E-state index contributed by atoms with van der Waals surface area (Å²) in [5.74, 6) is -1.27. The van der Waals surface area contributed by atoms with Crippen molar-refractivity contribution in [3.8, 4) is 5.75 Å². The number of anilines is 1. The Kier molecular flexibility index (Phi) is 6.54. The van der Waals surface area contributed by atoms with Crippen LogP contribution in [0, 0.1) is 6.92 Å². The van der Waals surface area contributed by atoms with E-state index >= 15 is 0 Å². The second-order valence-corrected chi connectivity index (χ2v) is 7.53. The molecule has 5 amide bonds. The Bertz CT molecular complexity index is 1260. The van der Waals surface area contributed by atoms with Gasteiger partial charge in [0.2, 0.25) is 0 Å². The normalized spacial score (nSPS) is 14.8. The summed E-state index contributed by atoms with van der Waals surface area (Å²) < 4.78 is 10.8. The lowest BCUT2D eigenvalue weighted by Crippen LogP contribution is -2.53. The average molecular weight is 459 g/mol. The lowest BCUT2D eigenvalue weighted by molar-refractivity contribution is -0.130. The first-order valence-corrected chi connectivity index (χ1v) is 10.4. The molecule has 1 aromatic heterocycles. The van der Waals surface area contributed by atoms with Crippen molar-refractivity contribution in [3.05, 3.63) is 89.4 Å². The predicted octanol–water partition coefficient (Wildman–Crippen LogP) is 3.27. The van der Waals surface area contributed by atoms with Crippen LogP contribution >= 0.6 is 0 Å². The number of urea groups is 1. The highest BCUT2D eigenvalue weighted by Crippen LogP contribution is 2.24. The van der Waals surface area contributed by atoms with Crippen molar-refractivity contribution < 1.29 is 28.3 Å². The maximum atomic E-state index is 12.9. The Morgan fingerprint density at radius 1 is 1.06 bits per heavy atom. The number of carbonyl (C=O) groups is 4. The van der Waals surface area contributed by atoms with Crippen molar-refractivity contribution in [2.24, 2.45) is 0 Å². The number of furan rings is 1. The van der Waals surface area contributed by atoms with Gasteiger partial charge in [-0.3, -0.25) is 24.6 Å². The first kappa shape index (κ1) is 22.5. The van der Waals surface area contributed by atoms with E-state index in [1.807, 2.05) is 19.1 Å². The quantitative estimate of drug-likeness (QED) is 0.414. The van der Waals surface area contributed by atoms with Crippen molar-refractivity contribution in [2.45, 2.75) is 13.5 Å². The van der Waals surface area contributed by atoms with Crippen molar-refractivity contribution in [1.29, 1.82) is 0 Å². The summed E-state index contributed by atoms with van der Waals surface area (Å²) in [6, 6.07) is 16.4. The van der Waals surface area contributed by atoms with Gasteiger partial charge in [-0.15, -0.1) is 0 Å². The minimum atomic E-state index is -0.833. The molecule has 0 radical (unpaired) electrons. The summed E-state index contributed by atoms with van der Waals surface area (Å²) in [6.45, 7) is 1.54. The number of nitrogens with zero attached hydrogens (tertiary/aromatic N) is 1. The summed E-state index contributed by atoms with van der Waals surface area (Å²) in [4.78, 5) is 50.7. The van der Waals surface area contributed by atoms with Gasteiger partial charge in [0.05, 0.1) is 12.8 Å². The molecule has 172 valence electrons. The smallest absolute Gasteiger partial charge is 0.331 e. The fourth-order valence-electron chi connectivity index (χ4n) is 3.26. The molecule has 2 heterocycles. The van der Waals surface area contributed by atoms with Gasteiger partial charge < -0.3 is 14.5 Å². The number of ether oxygens (including phenoxy) is 1. The molecule has 4 rings (SSSR count). The zero-order valence-electron chi connectivity index (χ0n) is 18.2. The Balaban J connectivity index is 1.49. The van der Waals surface area contributed by atoms with Crippen LogP contribution in [-0.2, 0) is 20.9 Å². The Labute approximate surface area is 195 Å². The fraction of sp³-hybridized carbons (Fsp3) is 0.120. The van der Waals surface area contributed by atoms with Crippen LogP contribution in [0.3, 0.4) is 0 Å². The van der Waals surface area contributed by atoms with E-state index in [0.717, 1.165) is 10.5 Å². The van der Waals surface area contributed by atoms with Crippen LogP contribution in [0.4, 0.5) is 10.5 Å². The van der Waals surface area contributed by atoms with E-state index < -0.39 is 17.8 Å². The second kappa shape index (κ2) is 9.86. The van der Waals surface area contributed by atoms with Crippen LogP contribution in [-0.4, -0.2) is 35.3 Å². The minimum Gasteiger partial charge on any atom is -0.483 e. The highest BCUT2D eigenvalue weighted by Gasteiger charge is 2.36. The van der Waals surface area contributed by atoms with Crippen molar-refractivity contribution in [2.75, 3.05) is 11.9 Å². The fourth-order valence-corrected chi connectivity index (χ4v) is 3.26. The maximum absolute atomic E-state index is 12.9. The van der Waals surface area contributed by atoms with E-state index in [2.05, 4.69) is 10.6 Å². The van der Waals surface area contributed by atoms with Gasteiger partial charge in [-0.05, 0) is 43.3 Å². The van der Waals surface area contributed by atoms with Gasteiger partial charge in [0, 0.05) is 11.3 Å². The zero-order valence-corrected chi connectivity index (χ0v) is 18.2. The van der Waals surface area contributed by atoms with Gasteiger partial charge in [-0.2, -0.15) is 0 Å². The van der Waals surface area contributed by atoms with E-state index in [9.17, 15) is 19.2 Å². The minimum absolute atomic E-state index is 0.125. The number of carbonyl (C=O) groups excluding carboxylic acids is 4. The van der Waals surface area contributed by atoms with E-state index in [-0.39, 0.29) is 24.6 Å². The Hall–Kier alpha value is -4.66. The Morgan fingerprint density at radius 3 is 2.56 bits per heavy atom. The SMILES string of the molecule is Cc1ccc(NC(=O)COc2ccccc2C=C2C(=O)NC(=O)N(Cc3ccco3)C2=O)cc1. The third-order valence-electron chi connectivity index (χ3n) is 4.99. The van der Waals surface area contributed by atoms with Gasteiger partial charge >= 0.3 is 6.03 Å². The molecule has 0 bridgehead atoms. The molecule has 9 heteroatoms. The summed E-state index contributed by atoms with van der Waals surface area (Å²) >= 11 is 0. The van der Waals surface area contributed by atoms with E-state index in [1.54, 1.807) is 48.5 Å². The summed E-state index contributed by atoms with van der Waals surface area (Å²) in [5.41, 5.74) is 1.87. The second-order valence-electron chi connectivity index (χ2n) is 7.53. The topological polar surface area (TPSA) is 118 Å². The number of aryl methyl sites for hydroxylation is 1. The molecule has 0 unspecified atom stereocenters. The molecule has 0 atom stereocenters. The predicted molar refractivity (Wildman–Crippen MR) is 123 cm³/mol. The number of hydrogen-bond acceptors (Lipinski definition) is 6. The molecular weight excluding hydrogens is 438 g/mol. The van der Waals surface area contributed by atoms with Crippen LogP contribution in [0.25, 0.3) is 6.08 Å². The van der Waals surface area contributed by atoms with Gasteiger partial charge in [0.25, 0.3) is 17.7 Å². The lowest BCUT2D eigenvalue weighted by atomic mass is 10.1. The zero-order chi connectivity index (χ0) is 24.1. The molecular formula is C25H21N3O6. The largest absolute Gasteiger partial charge is 0.483 e. The van der Waals surface area contributed by atoms with Gasteiger partial charge in [-0.1, -0.05) is 35.9 Å². The van der Waals surface area contributed by atoms with Crippen LogP contribution in [0.15, 0.2) is 76.9 Å². The van der Waals surface area contributed by atoms with E-state index in [0.29, 0.717) is 22.8 Å². The molecule has 0 saturated carbocycles. The van der Waals surface area contributed by atoms with Crippen molar-refractivity contribution in [3.63, 3.8) is 0 Å². The first-order valence-electron chi connectivity index (χ1n) is 10.4. The number of imide groups is 2. The molecule has 0 aliphatic carbocycles. The molecule has 1 fully saturated rings. The highest BCUT2D eigenvalue weighted by molar-refractivity contribution is 6.31. The van der Waals surface area contributed by atoms with Crippen LogP contribution < -0.4 is 15.4 Å². The third-order valence-corrected chi connectivity index (χ3v) is 4.99. The average Bonchev–Trinajstić information content (AvgIpc) is 3.33. The van der Waals surface area contributed by atoms with E-state index in [1.165, 1.54) is 12.3 Å². The summed E-state index contributed by atoms with van der Waals surface area (Å²) in [5, 5.41) is 4.89. The van der Waals surface area contributed by atoms with Crippen LogP contribution in [0.5, 0.6) is 5.75 Å². The molecule has 2 N–H and O–H groups in total. The lowest BCUT2D eigenvalue weighted by Gasteiger charge is -2.25. The van der Waals surface area contributed by atoms with Crippen LogP contribution in [0.2, 0.25) is 0 Å². The molecule has 3 aromatic rings. The molecule has 1 aliphatic rings.